The number of carbonyl (C=O) groups excluding carboxylic acids is 3. The number of alkyl halides is 3. The van der Waals surface area contributed by atoms with Crippen molar-refractivity contribution in [2.75, 3.05) is 5.32 Å². The summed E-state index contributed by atoms with van der Waals surface area (Å²) in [6.07, 6.45) is -4.93. The van der Waals surface area contributed by atoms with Crippen molar-refractivity contribution < 1.29 is 31.9 Å². The molecule has 37 heavy (non-hydrogen) atoms. The Hall–Kier alpha value is -4.81. The Morgan fingerprint density at radius 1 is 1.03 bits per heavy atom. The predicted molar refractivity (Wildman–Crippen MR) is 124 cm³/mol. The van der Waals surface area contributed by atoms with Crippen molar-refractivity contribution in [1.82, 2.24) is 14.8 Å². The van der Waals surface area contributed by atoms with Crippen LogP contribution in [0, 0.1) is 12.7 Å². The molecule has 0 spiro atoms. The number of aromatic nitrogens is 3. The molecule has 0 saturated heterocycles. The van der Waals surface area contributed by atoms with Crippen molar-refractivity contribution >= 4 is 34.3 Å². The summed E-state index contributed by atoms with van der Waals surface area (Å²) in [6, 6.07) is 10.2. The quantitative estimate of drug-likeness (QED) is 0.338. The van der Waals surface area contributed by atoms with E-state index in [2.05, 4.69) is 15.4 Å². The lowest BCUT2D eigenvalue weighted by molar-refractivity contribution is -0.140. The van der Waals surface area contributed by atoms with Crippen LogP contribution < -0.4 is 16.8 Å². The van der Waals surface area contributed by atoms with Crippen LogP contribution in [0.3, 0.4) is 0 Å². The Kier molecular flexibility index (Phi) is 6.38. The van der Waals surface area contributed by atoms with Gasteiger partial charge in [0.15, 0.2) is 5.69 Å². The molecular formula is C24H18F4N6O3. The molecule has 3 amide bonds. The summed E-state index contributed by atoms with van der Waals surface area (Å²) in [4.78, 5) is 40.2. The predicted octanol–water partition coefficient (Wildman–Crippen LogP) is 3.40. The largest absolute Gasteiger partial charge is 0.437 e. The van der Waals surface area contributed by atoms with Crippen molar-refractivity contribution in [3.63, 3.8) is 0 Å². The van der Waals surface area contributed by atoms with E-state index >= 15 is 0 Å². The Morgan fingerprint density at radius 3 is 2.41 bits per heavy atom. The van der Waals surface area contributed by atoms with Crippen molar-refractivity contribution in [2.24, 2.45) is 11.5 Å². The smallest absolute Gasteiger partial charge is 0.366 e. The number of halogens is 4. The van der Waals surface area contributed by atoms with E-state index in [1.54, 1.807) is 6.07 Å². The molecule has 13 heteroatoms. The molecule has 190 valence electrons. The minimum atomic E-state index is -4.93. The number of pyridine rings is 1. The van der Waals surface area contributed by atoms with Crippen LogP contribution in [0.4, 0.5) is 23.2 Å². The van der Waals surface area contributed by atoms with Gasteiger partial charge in [0, 0.05) is 17.0 Å². The molecule has 2 heterocycles. The summed E-state index contributed by atoms with van der Waals surface area (Å²) in [5.74, 6) is -3.45. The fourth-order valence-electron chi connectivity index (χ4n) is 3.74. The van der Waals surface area contributed by atoms with Crippen molar-refractivity contribution in [2.45, 2.75) is 19.6 Å². The van der Waals surface area contributed by atoms with Crippen LogP contribution in [0.15, 0.2) is 48.5 Å². The summed E-state index contributed by atoms with van der Waals surface area (Å²) >= 11 is 0. The zero-order valence-corrected chi connectivity index (χ0v) is 19.1. The third kappa shape index (κ3) is 5.10. The van der Waals surface area contributed by atoms with E-state index in [0.29, 0.717) is 5.56 Å². The SMILES string of the molecule is Cc1c(NC(=O)c2cc(C(N)=O)nc3cc(F)ccc23)c(C(F)(F)F)nn1Cc1cccc(C(N)=O)c1. The third-order valence-electron chi connectivity index (χ3n) is 5.53. The summed E-state index contributed by atoms with van der Waals surface area (Å²) in [5, 5.41) is 5.95. The number of hydrogen-bond donors (Lipinski definition) is 3. The van der Waals surface area contributed by atoms with E-state index in [0.717, 1.165) is 22.9 Å². The zero-order chi connectivity index (χ0) is 27.1. The number of anilines is 1. The highest BCUT2D eigenvalue weighted by Gasteiger charge is 2.39. The van der Waals surface area contributed by atoms with Crippen molar-refractivity contribution in [1.29, 1.82) is 0 Å². The van der Waals surface area contributed by atoms with E-state index in [4.69, 9.17) is 11.5 Å². The number of nitrogens with two attached hydrogens (primary N) is 2. The van der Waals surface area contributed by atoms with Crippen molar-refractivity contribution in [3.05, 3.63) is 88.1 Å². The summed E-state index contributed by atoms with van der Waals surface area (Å²) in [6.45, 7) is 1.17. The average Bonchev–Trinajstić information content (AvgIpc) is 3.13. The molecule has 5 N–H and O–H groups in total. The molecule has 4 rings (SSSR count). The van der Waals surface area contributed by atoms with Crippen LogP contribution in [0.2, 0.25) is 0 Å². The molecule has 4 aromatic rings. The Morgan fingerprint density at radius 2 is 1.76 bits per heavy atom. The monoisotopic (exact) mass is 514 g/mol. The molecule has 0 aliphatic heterocycles. The normalized spacial score (nSPS) is 11.5. The second-order valence-corrected chi connectivity index (χ2v) is 8.06. The fourth-order valence-corrected chi connectivity index (χ4v) is 3.74. The number of benzene rings is 2. The highest BCUT2D eigenvalue weighted by Crippen LogP contribution is 2.36. The Bertz CT molecular complexity index is 1580. The lowest BCUT2D eigenvalue weighted by Gasteiger charge is -2.12. The molecule has 0 unspecified atom stereocenters. The molecule has 0 radical (unpaired) electrons. The summed E-state index contributed by atoms with van der Waals surface area (Å²) in [7, 11) is 0. The van der Waals surface area contributed by atoms with Gasteiger partial charge < -0.3 is 16.8 Å². The lowest BCUT2D eigenvalue weighted by Crippen LogP contribution is -2.19. The van der Waals surface area contributed by atoms with Gasteiger partial charge in [-0.05, 0) is 42.8 Å². The van der Waals surface area contributed by atoms with Gasteiger partial charge in [-0.2, -0.15) is 18.3 Å². The lowest BCUT2D eigenvalue weighted by atomic mass is 10.1. The molecule has 0 atom stereocenters. The van der Waals surface area contributed by atoms with Gasteiger partial charge in [0.1, 0.15) is 11.5 Å². The molecule has 0 fully saturated rings. The van der Waals surface area contributed by atoms with E-state index in [1.165, 1.54) is 31.2 Å². The maximum atomic E-state index is 13.9. The zero-order valence-electron chi connectivity index (χ0n) is 19.1. The van der Waals surface area contributed by atoms with Crippen LogP contribution in [0.25, 0.3) is 10.9 Å². The molecule has 9 nitrogen and oxygen atoms in total. The molecule has 0 aliphatic rings. The van der Waals surface area contributed by atoms with E-state index in [-0.39, 0.29) is 40.0 Å². The molecule has 2 aromatic heterocycles. The number of carbonyl (C=O) groups is 3. The molecular weight excluding hydrogens is 496 g/mol. The fraction of sp³-hybridized carbons (Fsp3) is 0.125. The number of hydrogen-bond acceptors (Lipinski definition) is 5. The van der Waals surface area contributed by atoms with Gasteiger partial charge in [-0.1, -0.05) is 12.1 Å². The highest BCUT2D eigenvalue weighted by atomic mass is 19.4. The number of nitrogens with one attached hydrogen (secondary N) is 1. The average molecular weight is 514 g/mol. The Balaban J connectivity index is 1.77. The number of primary amides is 2. The number of amides is 3. The van der Waals surface area contributed by atoms with Gasteiger partial charge in [0.2, 0.25) is 5.91 Å². The second kappa shape index (κ2) is 9.33. The van der Waals surface area contributed by atoms with Gasteiger partial charge >= 0.3 is 6.18 Å². The van der Waals surface area contributed by atoms with Crippen LogP contribution in [-0.4, -0.2) is 32.5 Å². The van der Waals surface area contributed by atoms with Crippen LogP contribution in [0.1, 0.15) is 48.2 Å². The van der Waals surface area contributed by atoms with Gasteiger partial charge in [-0.15, -0.1) is 0 Å². The first-order chi connectivity index (χ1) is 17.3. The van der Waals surface area contributed by atoms with Crippen LogP contribution >= 0.6 is 0 Å². The second-order valence-electron chi connectivity index (χ2n) is 8.06. The standard InChI is InChI=1S/C24H18F4N6O3/c1-11-19(20(24(26,27)28)33-34(11)10-12-3-2-4-13(7-12)21(29)35)32-23(37)16-9-18(22(30)36)31-17-8-14(25)5-6-15(16)17/h2-9H,10H2,1H3,(H2,29,35)(H2,30,36)(H,32,37). The Labute approximate surface area is 206 Å². The molecule has 0 aliphatic carbocycles. The summed E-state index contributed by atoms with van der Waals surface area (Å²) in [5.41, 5.74) is 8.43. The van der Waals surface area contributed by atoms with Gasteiger partial charge in [0.05, 0.1) is 29.0 Å². The molecule has 0 saturated carbocycles. The van der Waals surface area contributed by atoms with Gasteiger partial charge in [-0.25, -0.2) is 9.37 Å². The highest BCUT2D eigenvalue weighted by molar-refractivity contribution is 6.14. The van der Waals surface area contributed by atoms with Gasteiger partial charge in [0.25, 0.3) is 11.8 Å². The number of nitrogens with zero attached hydrogens (tertiary/aromatic N) is 3. The van der Waals surface area contributed by atoms with Crippen LogP contribution in [-0.2, 0) is 12.7 Å². The molecule has 2 aromatic carbocycles. The maximum absolute atomic E-state index is 13.9. The van der Waals surface area contributed by atoms with E-state index in [9.17, 15) is 31.9 Å². The minimum absolute atomic E-state index is 0.0373. The molecule has 0 bridgehead atoms. The first-order valence-electron chi connectivity index (χ1n) is 10.6. The first kappa shape index (κ1) is 25.3. The minimum Gasteiger partial charge on any atom is -0.366 e. The van der Waals surface area contributed by atoms with E-state index < -0.39 is 41.1 Å². The van der Waals surface area contributed by atoms with E-state index in [1.807, 2.05) is 0 Å². The maximum Gasteiger partial charge on any atom is 0.437 e. The van der Waals surface area contributed by atoms with Crippen molar-refractivity contribution in [3.8, 4) is 0 Å². The van der Waals surface area contributed by atoms with Crippen LogP contribution in [0.5, 0.6) is 0 Å². The third-order valence-corrected chi connectivity index (χ3v) is 5.53. The number of rotatable bonds is 6. The first-order valence-corrected chi connectivity index (χ1v) is 10.6. The topological polar surface area (TPSA) is 146 Å². The van der Waals surface area contributed by atoms with Gasteiger partial charge in [-0.3, -0.25) is 19.1 Å². The number of fused-ring (bicyclic) bond motifs is 1. The summed E-state index contributed by atoms with van der Waals surface area (Å²) < 4.78 is 56.3.